The Morgan fingerprint density at radius 1 is 1.11 bits per heavy atom. The van der Waals surface area contributed by atoms with E-state index < -0.39 is 9.84 Å². The second-order valence-corrected chi connectivity index (χ2v) is 8.89. The number of aryl methyl sites for hydroxylation is 1. The highest BCUT2D eigenvalue weighted by molar-refractivity contribution is 7.89. The van der Waals surface area contributed by atoms with E-state index in [1.165, 1.54) is 10.5 Å². The zero-order chi connectivity index (χ0) is 19.6. The van der Waals surface area contributed by atoms with Crippen LogP contribution in [-0.2, 0) is 21.3 Å². The molecule has 0 aliphatic carbocycles. The molecule has 0 bridgehead atoms. The van der Waals surface area contributed by atoms with Crippen molar-refractivity contribution in [2.45, 2.75) is 38.4 Å². The number of sulfone groups is 1. The lowest BCUT2D eigenvalue weighted by atomic mass is 10.2. The van der Waals surface area contributed by atoms with E-state index in [1.807, 2.05) is 32.9 Å². The van der Waals surface area contributed by atoms with Crippen molar-refractivity contribution in [1.82, 2.24) is 9.38 Å². The van der Waals surface area contributed by atoms with Crippen molar-refractivity contribution in [2.24, 2.45) is 0 Å². The molecular weight excluding hydrogens is 364 g/mol. The zero-order valence-electron chi connectivity index (χ0n) is 15.5. The Balaban J connectivity index is 1.88. The van der Waals surface area contributed by atoms with Crippen LogP contribution in [0.25, 0.3) is 5.65 Å². The van der Waals surface area contributed by atoms with Gasteiger partial charge in [-0.15, -0.1) is 0 Å². The first-order valence-corrected chi connectivity index (χ1v) is 10.5. The molecular formula is C20H22N2O4S. The Labute approximate surface area is 158 Å². The molecule has 142 valence electrons. The van der Waals surface area contributed by atoms with Gasteiger partial charge in [0.05, 0.1) is 23.3 Å². The average Bonchev–Trinajstić information content (AvgIpc) is 2.56. The molecule has 1 aromatic carbocycles. The normalized spacial score (nSPS) is 11.9. The molecule has 6 nitrogen and oxygen atoms in total. The van der Waals surface area contributed by atoms with E-state index in [4.69, 9.17) is 4.74 Å². The van der Waals surface area contributed by atoms with Crippen molar-refractivity contribution in [3.63, 3.8) is 0 Å². The first kappa shape index (κ1) is 19.1. The first-order valence-electron chi connectivity index (χ1n) is 8.67. The van der Waals surface area contributed by atoms with E-state index in [9.17, 15) is 13.2 Å². The maximum Gasteiger partial charge on any atom is 0.258 e. The second-order valence-electron chi connectivity index (χ2n) is 6.83. The van der Waals surface area contributed by atoms with Crippen molar-refractivity contribution in [1.29, 1.82) is 0 Å². The lowest BCUT2D eigenvalue weighted by molar-refractivity contribution is 0.240. The van der Waals surface area contributed by atoms with Crippen LogP contribution in [0, 0.1) is 6.92 Å². The average molecular weight is 386 g/mol. The van der Waals surface area contributed by atoms with E-state index in [-0.39, 0.29) is 28.9 Å². The van der Waals surface area contributed by atoms with Crippen LogP contribution in [-0.4, -0.2) is 23.9 Å². The summed E-state index contributed by atoms with van der Waals surface area (Å²) in [5.41, 5.74) is 1.90. The monoisotopic (exact) mass is 386 g/mol. The molecule has 0 fully saturated rings. The molecule has 2 aromatic heterocycles. The van der Waals surface area contributed by atoms with E-state index >= 15 is 0 Å². The van der Waals surface area contributed by atoms with Gasteiger partial charge in [-0.05, 0) is 38.5 Å². The van der Waals surface area contributed by atoms with Crippen molar-refractivity contribution < 1.29 is 13.2 Å². The van der Waals surface area contributed by atoms with Gasteiger partial charge in [0.25, 0.3) is 5.56 Å². The number of benzene rings is 1. The Morgan fingerprint density at radius 2 is 1.85 bits per heavy atom. The van der Waals surface area contributed by atoms with Crippen LogP contribution in [0.15, 0.2) is 53.5 Å². The smallest absolute Gasteiger partial charge is 0.258 e. The number of nitrogens with zero attached hydrogens (tertiary/aromatic N) is 2. The molecule has 0 spiro atoms. The van der Waals surface area contributed by atoms with Crippen LogP contribution >= 0.6 is 0 Å². The number of hydrogen-bond donors (Lipinski definition) is 0. The maximum atomic E-state index is 12.7. The third kappa shape index (κ3) is 4.74. The standard InChI is InChI=1S/C20H22N2O4S/c1-14(2)26-18-7-5-4-6-16(18)12-27(24,25)13-17-10-20(23)22-11-15(3)8-9-19(22)21-17/h4-11,14H,12-13H2,1-3H3. The molecule has 0 amide bonds. The highest BCUT2D eigenvalue weighted by Gasteiger charge is 2.18. The molecule has 3 rings (SSSR count). The molecule has 0 saturated carbocycles. The van der Waals surface area contributed by atoms with Crippen molar-refractivity contribution in [3.8, 4) is 5.75 Å². The van der Waals surface area contributed by atoms with Gasteiger partial charge in [-0.25, -0.2) is 13.4 Å². The summed E-state index contributed by atoms with van der Waals surface area (Å²) in [7, 11) is -3.53. The Kier molecular flexibility index (Phi) is 5.32. The molecule has 0 N–H and O–H groups in total. The van der Waals surface area contributed by atoms with Gasteiger partial charge < -0.3 is 4.74 Å². The van der Waals surface area contributed by atoms with Gasteiger partial charge in [0, 0.05) is 17.8 Å². The van der Waals surface area contributed by atoms with Crippen LogP contribution < -0.4 is 10.3 Å². The topological polar surface area (TPSA) is 77.7 Å². The molecule has 0 aliphatic heterocycles. The van der Waals surface area contributed by atoms with Gasteiger partial charge in [-0.3, -0.25) is 9.20 Å². The highest BCUT2D eigenvalue weighted by atomic mass is 32.2. The summed E-state index contributed by atoms with van der Waals surface area (Å²) < 4.78 is 32.5. The molecule has 27 heavy (non-hydrogen) atoms. The predicted octanol–water partition coefficient (Wildman–Crippen LogP) is 2.91. The van der Waals surface area contributed by atoms with Crippen LogP contribution in [0.1, 0.15) is 30.7 Å². The molecule has 0 unspecified atom stereocenters. The quantitative estimate of drug-likeness (QED) is 0.651. The Bertz CT molecular complexity index is 1130. The predicted molar refractivity (Wildman–Crippen MR) is 105 cm³/mol. The minimum atomic E-state index is -3.53. The summed E-state index contributed by atoms with van der Waals surface area (Å²) >= 11 is 0. The van der Waals surface area contributed by atoms with Gasteiger partial charge >= 0.3 is 0 Å². The van der Waals surface area contributed by atoms with E-state index in [0.29, 0.717) is 17.0 Å². The number of rotatable bonds is 6. The third-order valence-corrected chi connectivity index (χ3v) is 5.43. The van der Waals surface area contributed by atoms with Crippen LogP contribution in [0.5, 0.6) is 5.75 Å². The van der Waals surface area contributed by atoms with Gasteiger partial charge in [-0.1, -0.05) is 24.3 Å². The van der Waals surface area contributed by atoms with E-state index in [0.717, 1.165) is 5.56 Å². The summed E-state index contributed by atoms with van der Waals surface area (Å²) in [5.74, 6) is 0.0751. The zero-order valence-corrected chi connectivity index (χ0v) is 16.4. The highest BCUT2D eigenvalue weighted by Crippen LogP contribution is 2.23. The first-order chi connectivity index (χ1) is 12.7. The summed E-state index contributed by atoms with van der Waals surface area (Å²) in [6, 6.07) is 11.9. The van der Waals surface area contributed by atoms with Gasteiger partial charge in [0.2, 0.25) is 0 Å². The number of ether oxygens (including phenoxy) is 1. The second kappa shape index (κ2) is 7.52. The molecule has 0 radical (unpaired) electrons. The molecule has 0 aliphatic rings. The minimum Gasteiger partial charge on any atom is -0.491 e. The minimum absolute atomic E-state index is 0.0560. The van der Waals surface area contributed by atoms with Gasteiger partial charge in [0.15, 0.2) is 9.84 Å². The fraction of sp³-hybridized carbons (Fsp3) is 0.300. The molecule has 0 atom stereocenters. The maximum absolute atomic E-state index is 12.7. The van der Waals surface area contributed by atoms with Crippen molar-refractivity contribution in [3.05, 3.63) is 75.8 Å². The fourth-order valence-corrected chi connectivity index (χ4v) is 4.25. The number of para-hydroxylation sites is 1. The molecule has 7 heteroatoms. The van der Waals surface area contributed by atoms with Crippen molar-refractivity contribution >= 4 is 15.5 Å². The SMILES string of the molecule is Cc1ccc2nc(CS(=O)(=O)Cc3ccccc3OC(C)C)cc(=O)n2c1. The largest absolute Gasteiger partial charge is 0.491 e. The summed E-state index contributed by atoms with van der Waals surface area (Å²) in [6.07, 6.45) is 1.63. The number of aromatic nitrogens is 2. The van der Waals surface area contributed by atoms with Crippen LogP contribution in [0.4, 0.5) is 0 Å². The molecule has 0 saturated heterocycles. The van der Waals surface area contributed by atoms with E-state index in [1.54, 1.807) is 30.5 Å². The van der Waals surface area contributed by atoms with E-state index in [2.05, 4.69) is 4.98 Å². The van der Waals surface area contributed by atoms with Crippen LogP contribution in [0.3, 0.4) is 0 Å². The fourth-order valence-electron chi connectivity index (χ4n) is 2.84. The van der Waals surface area contributed by atoms with Gasteiger partial charge in [-0.2, -0.15) is 0 Å². The lowest BCUT2D eigenvalue weighted by Crippen LogP contribution is -2.18. The lowest BCUT2D eigenvalue weighted by Gasteiger charge is -2.14. The summed E-state index contributed by atoms with van der Waals surface area (Å²) in [5, 5.41) is 0. The molecule has 3 aromatic rings. The Morgan fingerprint density at radius 3 is 2.59 bits per heavy atom. The third-order valence-electron chi connectivity index (χ3n) is 3.94. The number of fused-ring (bicyclic) bond motifs is 1. The number of hydrogen-bond acceptors (Lipinski definition) is 5. The van der Waals surface area contributed by atoms with Crippen LogP contribution in [0.2, 0.25) is 0 Å². The van der Waals surface area contributed by atoms with Crippen molar-refractivity contribution in [2.75, 3.05) is 0 Å². The number of pyridine rings is 1. The Hall–Kier alpha value is -2.67. The van der Waals surface area contributed by atoms with Gasteiger partial charge in [0.1, 0.15) is 11.4 Å². The summed E-state index contributed by atoms with van der Waals surface area (Å²) in [6.45, 7) is 5.65. The summed E-state index contributed by atoms with van der Waals surface area (Å²) in [4.78, 5) is 16.6. The molecule has 2 heterocycles.